The van der Waals surface area contributed by atoms with E-state index in [1.54, 1.807) is 13.8 Å². The van der Waals surface area contributed by atoms with E-state index in [2.05, 4.69) is 69.4 Å². The Morgan fingerprint density at radius 2 is 0.865 bits per heavy atom. The van der Waals surface area contributed by atoms with Crippen LogP contribution >= 0.6 is 36.3 Å². The second-order valence-corrected chi connectivity index (χ2v) is 19.0. The van der Waals surface area contributed by atoms with Crippen LogP contribution in [0.15, 0.2) is 29.8 Å². The van der Waals surface area contributed by atoms with Crippen molar-refractivity contribution in [2.75, 3.05) is 44.2 Å². The van der Waals surface area contributed by atoms with Gasteiger partial charge in [0, 0.05) is 43.6 Å². The van der Waals surface area contributed by atoms with Crippen LogP contribution < -0.4 is 82.5 Å². The van der Waals surface area contributed by atoms with Gasteiger partial charge in [-0.05, 0) is 51.4 Å². The Labute approximate surface area is 438 Å². The molecule has 0 saturated carbocycles. The molecule has 2 aliphatic heterocycles. The minimum atomic E-state index is -1.89. The summed E-state index contributed by atoms with van der Waals surface area (Å²) in [5.74, 6) is -17.2. The summed E-state index contributed by atoms with van der Waals surface area (Å²) in [6, 6.07) is -9.40. The van der Waals surface area contributed by atoms with E-state index in [1.165, 1.54) is 0 Å². The van der Waals surface area contributed by atoms with Crippen LogP contribution in [0.4, 0.5) is 17.6 Å². The molecule has 6 unspecified atom stereocenters. The van der Waals surface area contributed by atoms with Gasteiger partial charge in [-0.3, -0.25) is 58.3 Å². The summed E-state index contributed by atoms with van der Waals surface area (Å²) < 4.78 is 65.5. The van der Waals surface area contributed by atoms with Crippen molar-refractivity contribution in [3.63, 3.8) is 0 Å². The maximum absolute atomic E-state index is 15.8. The zero-order valence-electron chi connectivity index (χ0n) is 40.7. The number of carbonyl (C=O) groups is 7. The number of hydrogen-bond donors (Lipinski definition) is 16. The van der Waals surface area contributed by atoms with E-state index >= 15 is 17.6 Å². The zero-order chi connectivity index (χ0) is 55.7. The first-order chi connectivity index (χ1) is 34.9. The first kappa shape index (κ1) is 63.6. The molecule has 0 aromatic heterocycles. The molecule has 1 aromatic carbocycles. The van der Waals surface area contributed by atoms with Crippen molar-refractivity contribution in [1.29, 1.82) is 0 Å². The Hall–Kier alpha value is -6.48. The van der Waals surface area contributed by atoms with Gasteiger partial charge in [-0.1, -0.05) is 26.7 Å². The number of nitrogens with zero attached hydrogens (tertiary/aromatic N) is 4. The Bertz CT molecular complexity index is 2220. The Morgan fingerprint density at radius 1 is 0.554 bits per heavy atom. The van der Waals surface area contributed by atoms with Crippen LogP contribution in [0.25, 0.3) is 0 Å². The van der Waals surface area contributed by atoms with Crippen LogP contribution in [0.1, 0.15) is 65.2 Å². The molecule has 0 radical (unpaired) electrons. The maximum Gasteiger partial charge on any atom is 0.243 e. The molecule has 2 aliphatic rings. The quantitative estimate of drug-likeness (QED) is 0.0107. The van der Waals surface area contributed by atoms with Gasteiger partial charge in [0.25, 0.3) is 0 Å². The molecule has 0 fully saturated rings. The average molecular weight is 1110 g/mol. The number of carbonyl (C=O) groups excluding carboxylic acids is 7. The summed E-state index contributed by atoms with van der Waals surface area (Å²) in [7, 11) is 0. The minimum absolute atomic E-state index is 0.00396. The van der Waals surface area contributed by atoms with Crippen molar-refractivity contribution >= 4 is 101 Å². The number of rotatable bonds is 21. The molecule has 2 heterocycles. The lowest BCUT2D eigenvalue weighted by Crippen LogP contribution is -2.59. The van der Waals surface area contributed by atoms with Gasteiger partial charge >= 0.3 is 0 Å². The van der Waals surface area contributed by atoms with E-state index in [0.717, 1.165) is 0 Å². The Balaban J connectivity index is 2.89. The molecule has 26 nitrogen and oxygen atoms in total. The normalized spacial score (nSPS) is 20.4. The lowest BCUT2D eigenvalue weighted by atomic mass is 10.0. The fraction of sp³-hybridized carbons (Fsp3) is 0.585. The number of fused-ring (bicyclic) bond motifs is 21. The number of benzene rings is 1. The number of thiol groups is 1. The van der Waals surface area contributed by atoms with Gasteiger partial charge in [0.05, 0.1) is 16.3 Å². The number of guanidine groups is 4. The highest BCUT2D eigenvalue weighted by atomic mass is 32.2. The molecule has 0 aliphatic carbocycles. The summed E-state index contributed by atoms with van der Waals surface area (Å²) in [5.41, 5.74) is 43.8. The Kier molecular flexibility index (Phi) is 28.1. The monoisotopic (exact) mass is 1110 g/mol. The number of hydrogen-bond acceptors (Lipinski definition) is 15. The van der Waals surface area contributed by atoms with E-state index in [9.17, 15) is 33.6 Å². The Morgan fingerprint density at radius 3 is 1.18 bits per heavy atom. The van der Waals surface area contributed by atoms with Crippen LogP contribution in [-0.4, -0.2) is 146 Å². The number of thioether (sulfide) groups is 2. The average Bonchev–Trinajstić information content (AvgIpc) is 3.33. The predicted octanol–water partition coefficient (Wildman–Crippen LogP) is -3.78. The first-order valence-corrected chi connectivity index (χ1v) is 25.3. The molecule has 1 aromatic rings. The van der Waals surface area contributed by atoms with Gasteiger partial charge in [-0.2, -0.15) is 0 Å². The fourth-order valence-electron chi connectivity index (χ4n) is 6.49. The van der Waals surface area contributed by atoms with Gasteiger partial charge in [-0.25, -0.2) is 17.6 Å². The molecule has 23 N–H and O–H groups in total. The summed E-state index contributed by atoms with van der Waals surface area (Å²) in [4.78, 5) is 110. The van der Waals surface area contributed by atoms with Crippen molar-refractivity contribution < 1.29 is 51.1 Å². The van der Waals surface area contributed by atoms with E-state index in [-0.39, 0.29) is 125 Å². The van der Waals surface area contributed by atoms with E-state index < -0.39 is 135 Å². The van der Waals surface area contributed by atoms with Gasteiger partial charge in [0.2, 0.25) is 35.4 Å². The minimum Gasteiger partial charge on any atom is -0.370 e. The van der Waals surface area contributed by atoms with E-state index in [0.29, 0.717) is 0 Å². The third kappa shape index (κ3) is 22.3. The standard InChI is InChI=1S/C41H67F4N19O7S3/c1-18(2)25(65)15-58-32(66)23-16-73-30-26(42)28(44)31(29(45)27(30)43)74-17-24(64-72)37(71)62-21(9-5-13-56-40(50)51)35(69)60-19(7-3-11-54-38(46)47)33(67)59-20(8-4-12-55-39(48)49)34(68)61-22(36(70)63-23)10-6-14-57-41(52)53/h18-24,64,72H,3-17H2,1-2H3,(H,58,66)(H,59,67)(H,60,69)(H,61,68)(H,62,71)(H,63,70)(H4,46,47,54)(H4,48,49,55)(H4,50,51,56)(H4,52,53,57). The van der Waals surface area contributed by atoms with Crippen molar-refractivity contribution in [2.24, 2.45) is 71.8 Å². The fourth-order valence-corrected chi connectivity index (χ4v) is 8.82. The third-order valence-corrected chi connectivity index (χ3v) is 13.1. The molecule has 33 heteroatoms. The number of amides is 6. The second kappa shape index (κ2) is 32.7. The molecule has 6 amide bonds. The highest BCUT2D eigenvalue weighted by Gasteiger charge is 2.35. The van der Waals surface area contributed by atoms with Gasteiger partial charge in [-0.15, -0.1) is 23.5 Å². The second-order valence-electron chi connectivity index (χ2n) is 16.7. The number of nitrogens with one attached hydrogen (secondary N) is 7. The van der Waals surface area contributed by atoms with Crippen molar-refractivity contribution in [1.82, 2.24) is 36.6 Å². The molecule has 3 rings (SSSR count). The van der Waals surface area contributed by atoms with Crippen LogP contribution in [-0.2, 0) is 33.6 Å². The SMILES string of the molecule is CC(C)C(=O)CNC(=O)C1CSc2c(F)c(F)c(c(F)c2F)SCC(NS)C(=O)NC(CCCN=C(N)N)C(=O)NC(CCCN=C(N)N)C(=O)NC(CCCN=C(N)N)C(=O)NC(CCCN=C(N)N)C(=O)N1. The molecular weight excluding hydrogens is 1040 g/mol. The largest absolute Gasteiger partial charge is 0.370 e. The highest BCUT2D eigenvalue weighted by molar-refractivity contribution is 7.99. The summed E-state index contributed by atoms with van der Waals surface area (Å²) in [5, 5.41) is 14.9. The zero-order valence-corrected chi connectivity index (χ0v) is 43.2. The van der Waals surface area contributed by atoms with Crippen molar-refractivity contribution in [3.05, 3.63) is 23.3 Å². The molecule has 0 spiro atoms. The summed E-state index contributed by atoms with van der Waals surface area (Å²) in [6.45, 7) is 2.35. The summed E-state index contributed by atoms with van der Waals surface area (Å²) >= 11 is 4.22. The van der Waals surface area contributed by atoms with Gasteiger partial charge in [0.1, 0.15) is 36.3 Å². The van der Waals surface area contributed by atoms with Crippen LogP contribution in [0.3, 0.4) is 0 Å². The molecular formula is C41H67F4N19O7S3. The smallest absolute Gasteiger partial charge is 0.243 e. The predicted molar refractivity (Wildman–Crippen MR) is 276 cm³/mol. The van der Waals surface area contributed by atoms with Gasteiger partial charge < -0.3 is 77.8 Å². The van der Waals surface area contributed by atoms with Crippen LogP contribution in [0.5, 0.6) is 0 Å². The summed E-state index contributed by atoms with van der Waals surface area (Å²) in [6.07, 6.45) is -0.622. The van der Waals surface area contributed by atoms with E-state index in [4.69, 9.17) is 45.9 Å². The molecule has 6 atom stereocenters. The number of halogens is 4. The van der Waals surface area contributed by atoms with Gasteiger partial charge in [0.15, 0.2) is 52.9 Å². The molecule has 0 saturated heterocycles. The molecule has 2 bridgehead atoms. The van der Waals surface area contributed by atoms with Crippen molar-refractivity contribution in [3.8, 4) is 0 Å². The number of nitrogens with two attached hydrogens (primary N) is 8. The number of Topliss-reactive ketones (excluding diaryl/α,β-unsaturated/α-hetero) is 1. The first-order valence-electron chi connectivity index (χ1n) is 22.9. The maximum atomic E-state index is 15.8. The third-order valence-electron chi connectivity index (χ3n) is 10.5. The highest BCUT2D eigenvalue weighted by Crippen LogP contribution is 2.36. The lowest BCUT2D eigenvalue weighted by Gasteiger charge is -2.28. The number of ketones is 1. The van der Waals surface area contributed by atoms with E-state index in [1.807, 2.05) is 0 Å². The number of aliphatic imine (C=N–C) groups is 4. The molecule has 414 valence electrons. The van der Waals surface area contributed by atoms with Crippen LogP contribution in [0, 0.1) is 29.2 Å². The topological polar surface area (TPSA) is 461 Å². The lowest BCUT2D eigenvalue weighted by molar-refractivity contribution is -0.135. The van der Waals surface area contributed by atoms with Crippen LogP contribution in [0.2, 0.25) is 0 Å². The van der Waals surface area contributed by atoms with Crippen molar-refractivity contribution in [2.45, 2.75) is 111 Å². The molecule has 74 heavy (non-hydrogen) atoms.